The Morgan fingerprint density at radius 1 is 0.833 bits per heavy atom. The molecule has 2 aliphatic rings. The SMILES string of the molecule is C(#Cc1ccc2ccc(C#CC3=NC=CC3)nc2n1)C1=NCC=C1. The van der Waals surface area contributed by atoms with Crippen molar-refractivity contribution in [1.82, 2.24) is 9.97 Å². The van der Waals surface area contributed by atoms with E-state index >= 15 is 0 Å². The topological polar surface area (TPSA) is 50.5 Å². The van der Waals surface area contributed by atoms with Crippen LogP contribution >= 0.6 is 0 Å². The summed E-state index contributed by atoms with van der Waals surface area (Å²) in [5.74, 6) is 12.1. The van der Waals surface area contributed by atoms with Crippen molar-refractivity contribution in [2.24, 2.45) is 9.98 Å². The summed E-state index contributed by atoms with van der Waals surface area (Å²) in [7, 11) is 0. The van der Waals surface area contributed by atoms with Crippen molar-refractivity contribution in [3.63, 3.8) is 0 Å². The zero-order valence-electron chi connectivity index (χ0n) is 12.8. The van der Waals surface area contributed by atoms with Gasteiger partial charge in [0.1, 0.15) is 17.1 Å². The molecule has 0 amide bonds. The molecule has 4 nitrogen and oxygen atoms in total. The number of aromatic nitrogens is 2. The summed E-state index contributed by atoms with van der Waals surface area (Å²) in [5.41, 5.74) is 3.64. The van der Waals surface area contributed by atoms with Gasteiger partial charge >= 0.3 is 0 Å². The van der Waals surface area contributed by atoms with Crippen molar-refractivity contribution in [3.05, 3.63) is 60.1 Å². The van der Waals surface area contributed by atoms with Crippen LogP contribution in [-0.2, 0) is 0 Å². The van der Waals surface area contributed by atoms with E-state index in [2.05, 4.69) is 43.6 Å². The molecule has 24 heavy (non-hydrogen) atoms. The van der Waals surface area contributed by atoms with Crippen LogP contribution in [0.5, 0.6) is 0 Å². The monoisotopic (exact) mass is 308 g/mol. The first-order chi connectivity index (χ1) is 11.9. The Balaban J connectivity index is 1.63. The highest BCUT2D eigenvalue weighted by molar-refractivity contribution is 6.10. The Morgan fingerprint density at radius 2 is 1.62 bits per heavy atom. The number of aliphatic imine (C=N–C) groups is 2. The van der Waals surface area contributed by atoms with E-state index in [1.54, 1.807) is 6.20 Å². The van der Waals surface area contributed by atoms with Crippen LogP contribution in [0.2, 0.25) is 0 Å². The molecule has 4 heterocycles. The van der Waals surface area contributed by atoms with Crippen LogP contribution in [0.15, 0.2) is 58.7 Å². The molecule has 0 N–H and O–H groups in total. The molecule has 0 saturated carbocycles. The predicted octanol–water partition coefficient (Wildman–Crippen LogP) is 2.70. The van der Waals surface area contributed by atoms with Gasteiger partial charge in [-0.25, -0.2) is 9.97 Å². The Hall–Kier alpha value is -3.50. The highest BCUT2D eigenvalue weighted by Crippen LogP contribution is 2.11. The molecule has 112 valence electrons. The van der Waals surface area contributed by atoms with E-state index in [1.807, 2.05) is 42.5 Å². The molecular weight excluding hydrogens is 296 g/mol. The third-order valence-electron chi connectivity index (χ3n) is 3.50. The molecule has 0 atom stereocenters. The molecule has 0 aromatic carbocycles. The van der Waals surface area contributed by atoms with Crippen molar-refractivity contribution in [2.45, 2.75) is 6.42 Å². The van der Waals surface area contributed by atoms with Gasteiger partial charge in [0.05, 0.1) is 12.3 Å². The molecule has 0 fully saturated rings. The van der Waals surface area contributed by atoms with E-state index in [9.17, 15) is 0 Å². The first-order valence-corrected chi connectivity index (χ1v) is 7.61. The Labute approximate surface area is 139 Å². The van der Waals surface area contributed by atoms with Crippen LogP contribution in [0.25, 0.3) is 11.0 Å². The van der Waals surface area contributed by atoms with Crippen LogP contribution in [-0.4, -0.2) is 27.9 Å². The van der Waals surface area contributed by atoms with Gasteiger partial charge in [-0.2, -0.15) is 0 Å². The molecule has 2 aromatic rings. The number of nitrogens with zero attached hydrogens (tertiary/aromatic N) is 4. The summed E-state index contributed by atoms with van der Waals surface area (Å²) in [6.07, 6.45) is 8.44. The Kier molecular flexibility index (Phi) is 3.72. The molecule has 0 radical (unpaired) electrons. The maximum Gasteiger partial charge on any atom is 0.161 e. The lowest BCUT2D eigenvalue weighted by molar-refractivity contribution is 1.24. The van der Waals surface area contributed by atoms with Gasteiger partial charge in [-0.15, -0.1) is 0 Å². The second kappa shape index (κ2) is 6.32. The van der Waals surface area contributed by atoms with Gasteiger partial charge in [-0.3, -0.25) is 9.98 Å². The predicted molar refractivity (Wildman–Crippen MR) is 95.9 cm³/mol. The lowest BCUT2D eigenvalue weighted by atomic mass is 10.2. The maximum atomic E-state index is 4.50. The smallest absolute Gasteiger partial charge is 0.161 e. The molecule has 2 aromatic heterocycles. The summed E-state index contributed by atoms with van der Waals surface area (Å²) in [6.45, 7) is 0.708. The van der Waals surface area contributed by atoms with Gasteiger partial charge in [-0.1, -0.05) is 12.2 Å². The normalized spacial score (nSPS) is 14.7. The fraction of sp³-hybridized carbons (Fsp3) is 0.100. The molecule has 4 rings (SSSR count). The molecule has 0 unspecified atom stereocenters. The van der Waals surface area contributed by atoms with E-state index in [4.69, 9.17) is 0 Å². The first kappa shape index (κ1) is 14.1. The standard InChI is InChI=1S/C20H12N4/c1-3-16(21-13-1)9-11-18-7-5-15-6-8-19(24-20(15)23-18)12-10-17-4-2-14-22-17/h1-3,5-8,14H,4,13H2. The first-order valence-electron chi connectivity index (χ1n) is 7.61. The third-order valence-corrected chi connectivity index (χ3v) is 3.50. The number of fused-ring (bicyclic) bond motifs is 1. The number of allylic oxidation sites excluding steroid dienone is 2. The lowest BCUT2D eigenvalue weighted by Gasteiger charge is -1.98. The maximum absolute atomic E-state index is 4.50. The molecule has 0 bridgehead atoms. The van der Waals surface area contributed by atoms with Gasteiger partial charge in [0.25, 0.3) is 0 Å². The summed E-state index contributed by atoms with van der Waals surface area (Å²) < 4.78 is 0. The second-order valence-electron chi connectivity index (χ2n) is 5.23. The molecule has 4 heteroatoms. The number of hydrogen-bond donors (Lipinski definition) is 0. The van der Waals surface area contributed by atoms with Crippen LogP contribution in [0.4, 0.5) is 0 Å². The Bertz CT molecular complexity index is 1060. The zero-order valence-corrected chi connectivity index (χ0v) is 12.8. The minimum atomic E-state index is 0.643. The third kappa shape index (κ3) is 3.14. The fourth-order valence-corrected chi connectivity index (χ4v) is 2.29. The van der Waals surface area contributed by atoms with Crippen molar-refractivity contribution in [3.8, 4) is 23.7 Å². The van der Waals surface area contributed by atoms with E-state index in [0.717, 1.165) is 23.2 Å². The largest absolute Gasteiger partial charge is 0.272 e. The van der Waals surface area contributed by atoms with E-state index in [-0.39, 0.29) is 0 Å². The number of pyridine rings is 2. The average molecular weight is 308 g/mol. The van der Waals surface area contributed by atoms with Gasteiger partial charge in [0.15, 0.2) is 5.65 Å². The fourth-order valence-electron chi connectivity index (χ4n) is 2.29. The van der Waals surface area contributed by atoms with Crippen molar-refractivity contribution in [1.29, 1.82) is 0 Å². The van der Waals surface area contributed by atoms with Gasteiger partial charge in [-0.05, 0) is 54.0 Å². The number of rotatable bonds is 0. The second-order valence-corrected chi connectivity index (χ2v) is 5.23. The van der Waals surface area contributed by atoms with Crippen molar-refractivity contribution in [2.75, 3.05) is 6.54 Å². The van der Waals surface area contributed by atoms with Gasteiger partial charge < -0.3 is 0 Å². The van der Waals surface area contributed by atoms with Gasteiger partial charge in [0.2, 0.25) is 0 Å². The van der Waals surface area contributed by atoms with Crippen LogP contribution in [0.3, 0.4) is 0 Å². The molecular formula is C20H12N4. The molecule has 0 saturated heterocycles. The van der Waals surface area contributed by atoms with Crippen molar-refractivity contribution < 1.29 is 0 Å². The summed E-state index contributed by atoms with van der Waals surface area (Å²) in [6, 6.07) is 7.72. The minimum absolute atomic E-state index is 0.643. The average Bonchev–Trinajstić information content (AvgIpc) is 3.31. The van der Waals surface area contributed by atoms with E-state index in [0.29, 0.717) is 23.6 Å². The lowest BCUT2D eigenvalue weighted by Crippen LogP contribution is -1.92. The van der Waals surface area contributed by atoms with Gasteiger partial charge in [0, 0.05) is 18.0 Å². The van der Waals surface area contributed by atoms with Crippen LogP contribution in [0, 0.1) is 23.7 Å². The quantitative estimate of drug-likeness (QED) is 0.703. The minimum Gasteiger partial charge on any atom is -0.272 e. The summed E-state index contributed by atoms with van der Waals surface area (Å²) in [5, 5.41) is 0.962. The van der Waals surface area contributed by atoms with Crippen LogP contribution in [0.1, 0.15) is 17.8 Å². The summed E-state index contributed by atoms with van der Waals surface area (Å²) in [4.78, 5) is 17.4. The number of hydrogen-bond acceptors (Lipinski definition) is 4. The molecule has 0 spiro atoms. The molecule has 0 aliphatic carbocycles. The highest BCUT2D eigenvalue weighted by Gasteiger charge is 2.01. The van der Waals surface area contributed by atoms with E-state index < -0.39 is 0 Å². The van der Waals surface area contributed by atoms with E-state index in [1.165, 1.54) is 0 Å². The highest BCUT2D eigenvalue weighted by atomic mass is 14.9. The zero-order chi connectivity index (χ0) is 16.2. The summed E-state index contributed by atoms with van der Waals surface area (Å²) >= 11 is 0. The Morgan fingerprint density at radius 3 is 2.29 bits per heavy atom. The van der Waals surface area contributed by atoms with Crippen LogP contribution < -0.4 is 0 Å². The molecule has 2 aliphatic heterocycles. The van der Waals surface area contributed by atoms with Crippen molar-refractivity contribution >= 4 is 22.5 Å².